The average molecular weight is 553 g/mol. The number of hydrogen-bond acceptors (Lipinski definition) is 7. The number of rotatable bonds is 18. The van der Waals surface area contributed by atoms with Gasteiger partial charge in [0.2, 0.25) is 0 Å². The highest BCUT2D eigenvalue weighted by atomic mass is 16.4. The molecule has 0 saturated carbocycles. The number of aliphatic carboxylic acids is 1. The largest absolute Gasteiger partial charge is 0.480 e. The third kappa shape index (κ3) is 11.2. The SMILES string of the molecule is O=C(O)C(Cc1ccccc1)NCc1ccc(CN(CCNCc2ccccn2)CCNCc2ccccn2)cc1. The van der Waals surface area contributed by atoms with E-state index in [0.29, 0.717) is 13.0 Å². The summed E-state index contributed by atoms with van der Waals surface area (Å²) in [5.41, 5.74) is 5.37. The van der Waals surface area contributed by atoms with Crippen LogP contribution in [-0.2, 0) is 37.4 Å². The summed E-state index contributed by atoms with van der Waals surface area (Å²) >= 11 is 0. The molecular weight excluding hydrogens is 512 g/mol. The van der Waals surface area contributed by atoms with Crippen molar-refractivity contribution in [2.24, 2.45) is 0 Å². The van der Waals surface area contributed by atoms with Crippen LogP contribution < -0.4 is 16.0 Å². The molecule has 1 atom stereocenters. The molecule has 4 rings (SSSR count). The van der Waals surface area contributed by atoms with Gasteiger partial charge in [-0.05, 0) is 47.4 Å². The van der Waals surface area contributed by atoms with Gasteiger partial charge in [0.25, 0.3) is 0 Å². The van der Waals surface area contributed by atoms with Gasteiger partial charge < -0.3 is 21.1 Å². The summed E-state index contributed by atoms with van der Waals surface area (Å²) < 4.78 is 0. The second-order valence-electron chi connectivity index (χ2n) is 10.0. The highest BCUT2D eigenvalue weighted by Crippen LogP contribution is 2.10. The number of benzene rings is 2. The summed E-state index contributed by atoms with van der Waals surface area (Å²) in [6, 6.07) is 29.5. The van der Waals surface area contributed by atoms with E-state index in [4.69, 9.17) is 0 Å². The molecule has 0 spiro atoms. The molecule has 2 aromatic heterocycles. The lowest BCUT2D eigenvalue weighted by Gasteiger charge is -2.23. The molecule has 8 heteroatoms. The van der Waals surface area contributed by atoms with Crippen molar-refractivity contribution in [1.29, 1.82) is 0 Å². The monoisotopic (exact) mass is 552 g/mol. The molecular formula is C33H40N6O2. The van der Waals surface area contributed by atoms with Gasteiger partial charge in [-0.2, -0.15) is 0 Å². The van der Waals surface area contributed by atoms with Gasteiger partial charge in [-0.1, -0.05) is 66.7 Å². The second kappa shape index (κ2) is 17.0. The summed E-state index contributed by atoms with van der Waals surface area (Å²) in [4.78, 5) is 23.0. The van der Waals surface area contributed by atoms with Crippen molar-refractivity contribution in [3.8, 4) is 0 Å². The van der Waals surface area contributed by atoms with Crippen molar-refractivity contribution in [3.63, 3.8) is 0 Å². The van der Waals surface area contributed by atoms with Crippen LogP contribution in [0.2, 0.25) is 0 Å². The Labute approximate surface area is 242 Å². The minimum absolute atomic E-state index is 0.450. The predicted molar refractivity (Wildman–Crippen MR) is 162 cm³/mol. The second-order valence-corrected chi connectivity index (χ2v) is 10.0. The summed E-state index contributed by atoms with van der Waals surface area (Å²) in [5, 5.41) is 19.9. The zero-order valence-corrected chi connectivity index (χ0v) is 23.5. The van der Waals surface area contributed by atoms with E-state index < -0.39 is 12.0 Å². The van der Waals surface area contributed by atoms with Crippen LogP contribution in [0.15, 0.2) is 103 Å². The van der Waals surface area contributed by atoms with Crippen LogP contribution >= 0.6 is 0 Å². The first-order valence-electron chi connectivity index (χ1n) is 14.2. The Balaban J connectivity index is 1.27. The first kappa shape index (κ1) is 30.0. The van der Waals surface area contributed by atoms with Gasteiger partial charge in [-0.25, -0.2) is 0 Å². The molecule has 0 amide bonds. The van der Waals surface area contributed by atoms with E-state index in [1.165, 1.54) is 5.56 Å². The highest BCUT2D eigenvalue weighted by molar-refractivity contribution is 5.73. The maximum absolute atomic E-state index is 11.8. The Morgan fingerprint density at radius 1 is 0.683 bits per heavy atom. The molecule has 2 aromatic carbocycles. The third-order valence-electron chi connectivity index (χ3n) is 6.84. The molecule has 4 aromatic rings. The number of carbonyl (C=O) groups is 1. The maximum Gasteiger partial charge on any atom is 0.321 e. The summed E-state index contributed by atoms with van der Waals surface area (Å²) in [6.45, 7) is 6.35. The molecule has 1 unspecified atom stereocenters. The zero-order valence-electron chi connectivity index (χ0n) is 23.5. The maximum atomic E-state index is 11.8. The highest BCUT2D eigenvalue weighted by Gasteiger charge is 2.17. The molecule has 41 heavy (non-hydrogen) atoms. The fourth-order valence-electron chi connectivity index (χ4n) is 4.54. The molecule has 0 fully saturated rings. The Morgan fingerprint density at radius 2 is 1.24 bits per heavy atom. The molecule has 0 aliphatic heterocycles. The van der Waals surface area contributed by atoms with Gasteiger partial charge in [-0.15, -0.1) is 0 Å². The predicted octanol–water partition coefficient (Wildman–Crippen LogP) is 3.64. The number of pyridine rings is 2. The molecule has 0 aliphatic carbocycles. The van der Waals surface area contributed by atoms with E-state index in [9.17, 15) is 9.90 Å². The van der Waals surface area contributed by atoms with E-state index in [2.05, 4.69) is 55.1 Å². The van der Waals surface area contributed by atoms with Crippen LogP contribution in [0, 0.1) is 0 Å². The van der Waals surface area contributed by atoms with Crippen molar-refractivity contribution >= 4 is 5.97 Å². The molecule has 0 aliphatic rings. The van der Waals surface area contributed by atoms with Gasteiger partial charge in [0.15, 0.2) is 0 Å². The number of aromatic nitrogens is 2. The van der Waals surface area contributed by atoms with E-state index in [1.807, 2.05) is 79.1 Å². The van der Waals surface area contributed by atoms with Crippen LogP contribution in [0.25, 0.3) is 0 Å². The van der Waals surface area contributed by atoms with E-state index in [-0.39, 0.29) is 0 Å². The Morgan fingerprint density at radius 3 is 1.78 bits per heavy atom. The lowest BCUT2D eigenvalue weighted by atomic mass is 10.1. The average Bonchev–Trinajstić information content (AvgIpc) is 3.01. The van der Waals surface area contributed by atoms with Gasteiger partial charge in [-0.3, -0.25) is 19.7 Å². The standard InChI is InChI=1S/C33H40N6O2/c40-33(41)32(22-27-8-2-1-3-9-27)38-23-28-12-14-29(15-13-28)26-39(20-18-34-24-30-10-4-6-16-36-30)21-19-35-25-31-11-5-7-17-37-31/h1-17,32,34-35,38H,18-26H2,(H,40,41). The summed E-state index contributed by atoms with van der Waals surface area (Å²) in [5.74, 6) is -0.838. The number of nitrogens with zero attached hydrogens (tertiary/aromatic N) is 3. The topological polar surface area (TPSA) is 102 Å². The minimum atomic E-state index is -0.838. The number of carboxylic acid groups (broad SMARTS) is 1. The minimum Gasteiger partial charge on any atom is -0.480 e. The quantitative estimate of drug-likeness (QED) is 0.139. The van der Waals surface area contributed by atoms with Gasteiger partial charge in [0.1, 0.15) is 6.04 Å². The van der Waals surface area contributed by atoms with Crippen LogP contribution in [-0.4, -0.2) is 58.2 Å². The van der Waals surface area contributed by atoms with Crippen LogP contribution in [0.5, 0.6) is 0 Å². The van der Waals surface area contributed by atoms with Gasteiger partial charge in [0, 0.05) is 64.8 Å². The number of nitrogens with one attached hydrogen (secondary N) is 3. The van der Waals surface area contributed by atoms with Crippen molar-refractivity contribution in [2.45, 2.75) is 38.6 Å². The van der Waals surface area contributed by atoms with Crippen LogP contribution in [0.4, 0.5) is 0 Å². The van der Waals surface area contributed by atoms with Crippen LogP contribution in [0.1, 0.15) is 28.1 Å². The van der Waals surface area contributed by atoms with Gasteiger partial charge in [0.05, 0.1) is 11.4 Å². The first-order valence-corrected chi connectivity index (χ1v) is 14.2. The molecule has 214 valence electrons. The van der Waals surface area contributed by atoms with E-state index >= 15 is 0 Å². The fourth-order valence-corrected chi connectivity index (χ4v) is 4.54. The Kier molecular flexibility index (Phi) is 12.4. The molecule has 8 nitrogen and oxygen atoms in total. The smallest absolute Gasteiger partial charge is 0.321 e. The van der Waals surface area contributed by atoms with Crippen molar-refractivity contribution in [2.75, 3.05) is 26.2 Å². The fraction of sp³-hybridized carbons (Fsp3) is 0.303. The van der Waals surface area contributed by atoms with E-state index in [0.717, 1.165) is 68.3 Å². The van der Waals surface area contributed by atoms with Crippen molar-refractivity contribution < 1.29 is 9.90 Å². The molecule has 0 bridgehead atoms. The Bertz CT molecular complexity index is 1230. The van der Waals surface area contributed by atoms with Crippen molar-refractivity contribution in [3.05, 3.63) is 131 Å². The van der Waals surface area contributed by atoms with Crippen molar-refractivity contribution in [1.82, 2.24) is 30.8 Å². The lowest BCUT2D eigenvalue weighted by Crippen LogP contribution is -2.38. The van der Waals surface area contributed by atoms with E-state index in [1.54, 1.807) is 0 Å². The number of carboxylic acids is 1. The normalized spacial score (nSPS) is 11.9. The molecule has 0 saturated heterocycles. The Hall–Kier alpha value is -3.95. The zero-order chi connectivity index (χ0) is 28.5. The third-order valence-corrected chi connectivity index (χ3v) is 6.84. The molecule has 2 heterocycles. The molecule has 4 N–H and O–H groups in total. The van der Waals surface area contributed by atoms with Crippen LogP contribution in [0.3, 0.4) is 0 Å². The molecule has 0 radical (unpaired) electrons. The van der Waals surface area contributed by atoms with Gasteiger partial charge >= 0.3 is 5.97 Å². The first-order chi connectivity index (χ1) is 20.2. The summed E-state index contributed by atoms with van der Waals surface area (Å²) in [6.07, 6.45) is 4.09. The lowest BCUT2D eigenvalue weighted by molar-refractivity contribution is -0.139. The number of hydrogen-bond donors (Lipinski definition) is 4. The summed E-state index contributed by atoms with van der Waals surface area (Å²) in [7, 11) is 0.